The Balaban J connectivity index is 1.49. The number of guanidine groups is 1. The van der Waals surface area contributed by atoms with Gasteiger partial charge in [0.05, 0.1) is 0 Å². The summed E-state index contributed by atoms with van der Waals surface area (Å²) < 4.78 is 34.6. The van der Waals surface area contributed by atoms with E-state index in [0.717, 1.165) is 18.4 Å². The molecule has 0 spiro atoms. The molecular weight excluding hydrogens is 370 g/mol. The van der Waals surface area contributed by atoms with E-state index in [1.807, 2.05) is 11.0 Å². The summed E-state index contributed by atoms with van der Waals surface area (Å²) in [5.74, 6) is 0.922. The molecule has 2 fully saturated rings. The second kappa shape index (κ2) is 9.68. The van der Waals surface area contributed by atoms with Gasteiger partial charge in [-0.15, -0.1) is 0 Å². The maximum absolute atomic E-state index is 12.4. The highest BCUT2D eigenvalue weighted by molar-refractivity contribution is 5.82. The fraction of sp³-hybridized carbons (Fsp3) is 0.579. The van der Waals surface area contributed by atoms with Crippen molar-refractivity contribution in [1.29, 1.82) is 0 Å². The van der Waals surface area contributed by atoms with E-state index in [1.165, 1.54) is 6.07 Å². The van der Waals surface area contributed by atoms with E-state index in [-0.39, 0.29) is 17.8 Å². The van der Waals surface area contributed by atoms with Gasteiger partial charge in [0.15, 0.2) is 5.96 Å². The van der Waals surface area contributed by atoms with Crippen LogP contribution in [-0.2, 0) is 16.1 Å². The quantitative estimate of drug-likeness (QED) is 0.606. The van der Waals surface area contributed by atoms with Crippen LogP contribution in [0.1, 0.15) is 18.4 Å². The van der Waals surface area contributed by atoms with Crippen LogP contribution in [0, 0.1) is 0 Å². The van der Waals surface area contributed by atoms with E-state index in [4.69, 9.17) is 4.74 Å². The van der Waals surface area contributed by atoms with E-state index >= 15 is 0 Å². The Labute approximate surface area is 163 Å². The lowest BCUT2D eigenvalue weighted by Crippen LogP contribution is -2.55. The van der Waals surface area contributed by atoms with Crippen LogP contribution in [-0.4, -0.2) is 74.2 Å². The van der Waals surface area contributed by atoms with Crippen molar-refractivity contribution in [2.45, 2.75) is 32.1 Å². The molecule has 2 saturated heterocycles. The van der Waals surface area contributed by atoms with Gasteiger partial charge in [-0.25, -0.2) is 0 Å². The molecule has 1 aromatic carbocycles. The fourth-order valence-electron chi connectivity index (χ4n) is 3.46. The molecule has 3 rings (SSSR count). The third kappa shape index (κ3) is 5.31. The lowest BCUT2D eigenvalue weighted by molar-refractivity contribution is -0.142. The van der Waals surface area contributed by atoms with Gasteiger partial charge in [0.25, 0.3) is 5.91 Å². The van der Waals surface area contributed by atoms with Gasteiger partial charge in [0, 0.05) is 46.4 Å². The number of benzene rings is 1. The first kappa shape index (κ1) is 20.3. The standard InChI is InChI=1S/C19H26F2N4O3/c1-22-19(23-13-14-4-2-5-15(12-14)28-18(20)21)25-9-7-24(8-10-25)17(26)16-6-3-11-27-16/h2,4-5,12,16,18H,3,6-11,13H2,1H3,(H,22,23). The number of carbonyl (C=O) groups excluding carboxylic acids is 1. The van der Waals surface area contributed by atoms with Crippen LogP contribution in [0.25, 0.3) is 0 Å². The Bertz CT molecular complexity index is 688. The largest absolute Gasteiger partial charge is 0.435 e. The number of aliphatic imine (C=N–C) groups is 1. The number of carbonyl (C=O) groups is 1. The molecule has 0 aliphatic carbocycles. The Kier molecular flexibility index (Phi) is 7.02. The molecule has 28 heavy (non-hydrogen) atoms. The Hall–Kier alpha value is -2.42. The molecule has 2 aliphatic rings. The molecule has 0 saturated carbocycles. The lowest BCUT2D eigenvalue weighted by atomic mass is 10.2. The Morgan fingerprint density at radius 3 is 2.71 bits per heavy atom. The third-order valence-corrected chi connectivity index (χ3v) is 4.88. The number of hydrogen-bond donors (Lipinski definition) is 1. The second-order valence-electron chi connectivity index (χ2n) is 6.74. The highest BCUT2D eigenvalue weighted by Crippen LogP contribution is 2.17. The highest BCUT2D eigenvalue weighted by Gasteiger charge is 2.30. The molecule has 0 bridgehead atoms. The van der Waals surface area contributed by atoms with Crippen LogP contribution in [0.5, 0.6) is 5.75 Å². The van der Waals surface area contributed by atoms with E-state index in [2.05, 4.69) is 19.9 Å². The normalized spacial score (nSPS) is 20.6. The van der Waals surface area contributed by atoms with Crippen molar-refractivity contribution in [2.75, 3.05) is 39.8 Å². The minimum absolute atomic E-state index is 0.0796. The maximum atomic E-state index is 12.4. The van der Waals surface area contributed by atoms with Gasteiger partial charge >= 0.3 is 6.61 Å². The Morgan fingerprint density at radius 1 is 1.32 bits per heavy atom. The minimum atomic E-state index is -2.84. The summed E-state index contributed by atoms with van der Waals surface area (Å²) in [5.41, 5.74) is 0.812. The number of piperazine rings is 1. The van der Waals surface area contributed by atoms with Crippen molar-refractivity contribution in [3.05, 3.63) is 29.8 Å². The number of nitrogens with zero attached hydrogens (tertiary/aromatic N) is 3. The summed E-state index contributed by atoms with van der Waals surface area (Å²) in [7, 11) is 1.70. The van der Waals surface area contributed by atoms with Gasteiger partial charge in [0.2, 0.25) is 0 Å². The van der Waals surface area contributed by atoms with Crippen LogP contribution >= 0.6 is 0 Å². The highest BCUT2D eigenvalue weighted by atomic mass is 19.3. The monoisotopic (exact) mass is 396 g/mol. The molecule has 0 aromatic heterocycles. The number of amides is 1. The zero-order valence-corrected chi connectivity index (χ0v) is 15.9. The first-order valence-electron chi connectivity index (χ1n) is 9.46. The topological polar surface area (TPSA) is 66.4 Å². The summed E-state index contributed by atoms with van der Waals surface area (Å²) in [6.45, 7) is 0.844. The predicted octanol–water partition coefficient (Wildman–Crippen LogP) is 1.69. The summed E-state index contributed by atoms with van der Waals surface area (Å²) in [4.78, 5) is 20.7. The molecule has 7 nitrogen and oxygen atoms in total. The zero-order valence-electron chi connectivity index (χ0n) is 15.9. The van der Waals surface area contributed by atoms with Crippen molar-refractivity contribution in [1.82, 2.24) is 15.1 Å². The molecule has 1 N–H and O–H groups in total. The van der Waals surface area contributed by atoms with Crippen LogP contribution in [0.15, 0.2) is 29.3 Å². The summed E-state index contributed by atoms with van der Waals surface area (Å²) in [6, 6.07) is 6.57. The molecule has 1 amide bonds. The summed E-state index contributed by atoms with van der Waals surface area (Å²) >= 11 is 0. The van der Waals surface area contributed by atoms with Crippen molar-refractivity contribution < 1.29 is 23.0 Å². The van der Waals surface area contributed by atoms with Crippen molar-refractivity contribution in [3.63, 3.8) is 0 Å². The minimum Gasteiger partial charge on any atom is -0.435 e. The number of rotatable bonds is 5. The van der Waals surface area contributed by atoms with Crippen LogP contribution < -0.4 is 10.1 Å². The first-order valence-corrected chi connectivity index (χ1v) is 9.46. The number of ether oxygens (including phenoxy) is 2. The van der Waals surface area contributed by atoms with Crippen molar-refractivity contribution >= 4 is 11.9 Å². The van der Waals surface area contributed by atoms with Crippen molar-refractivity contribution in [2.24, 2.45) is 4.99 Å². The van der Waals surface area contributed by atoms with Gasteiger partial charge in [-0.2, -0.15) is 8.78 Å². The SMILES string of the molecule is CN=C(NCc1cccc(OC(F)F)c1)N1CCN(C(=O)C2CCCO2)CC1. The molecule has 1 unspecified atom stereocenters. The molecule has 1 atom stereocenters. The maximum Gasteiger partial charge on any atom is 0.387 e. The average molecular weight is 396 g/mol. The summed E-state index contributed by atoms with van der Waals surface area (Å²) in [5, 5.41) is 3.24. The molecule has 0 radical (unpaired) electrons. The number of nitrogens with one attached hydrogen (secondary N) is 1. The zero-order chi connectivity index (χ0) is 19.9. The molecule has 1 aromatic rings. The molecule has 9 heteroatoms. The fourth-order valence-corrected chi connectivity index (χ4v) is 3.46. The average Bonchev–Trinajstić information content (AvgIpc) is 3.23. The van der Waals surface area contributed by atoms with E-state index in [1.54, 1.807) is 19.2 Å². The van der Waals surface area contributed by atoms with Crippen LogP contribution in [0.3, 0.4) is 0 Å². The van der Waals surface area contributed by atoms with Gasteiger partial charge in [-0.3, -0.25) is 9.79 Å². The second-order valence-corrected chi connectivity index (χ2v) is 6.74. The van der Waals surface area contributed by atoms with Gasteiger partial charge in [-0.1, -0.05) is 12.1 Å². The molecular formula is C19H26F2N4O3. The third-order valence-electron chi connectivity index (χ3n) is 4.88. The van der Waals surface area contributed by atoms with E-state index < -0.39 is 6.61 Å². The predicted molar refractivity (Wildman–Crippen MR) is 100 cm³/mol. The summed E-state index contributed by atoms with van der Waals surface area (Å²) in [6.07, 6.45) is 1.46. The molecule has 154 valence electrons. The Morgan fingerprint density at radius 2 is 2.07 bits per heavy atom. The van der Waals surface area contributed by atoms with E-state index in [0.29, 0.717) is 45.3 Å². The van der Waals surface area contributed by atoms with Gasteiger partial charge in [-0.05, 0) is 30.5 Å². The molecule has 2 heterocycles. The lowest BCUT2D eigenvalue weighted by Gasteiger charge is -2.37. The smallest absolute Gasteiger partial charge is 0.387 e. The van der Waals surface area contributed by atoms with Gasteiger partial charge in [0.1, 0.15) is 11.9 Å². The van der Waals surface area contributed by atoms with Crippen molar-refractivity contribution in [3.8, 4) is 5.75 Å². The van der Waals surface area contributed by atoms with Gasteiger partial charge < -0.3 is 24.6 Å². The van der Waals surface area contributed by atoms with Crippen LogP contribution in [0.4, 0.5) is 8.78 Å². The van der Waals surface area contributed by atoms with Crippen LogP contribution in [0.2, 0.25) is 0 Å². The number of halogens is 2. The first-order chi connectivity index (χ1) is 13.6. The number of hydrogen-bond acceptors (Lipinski definition) is 4. The molecule has 2 aliphatic heterocycles. The van der Waals surface area contributed by atoms with E-state index in [9.17, 15) is 13.6 Å². The number of alkyl halides is 2.